The van der Waals surface area contributed by atoms with Crippen molar-refractivity contribution in [3.05, 3.63) is 23.9 Å². The SMILES string of the molecule is C=C(C)/C=C(/CN)N=CC. The Labute approximate surface area is 62.1 Å². The number of allylic oxidation sites excluding steroid dienone is 2. The van der Waals surface area contributed by atoms with E-state index in [1.54, 1.807) is 6.21 Å². The van der Waals surface area contributed by atoms with Crippen molar-refractivity contribution in [1.82, 2.24) is 0 Å². The second-order valence-corrected chi connectivity index (χ2v) is 2.07. The van der Waals surface area contributed by atoms with E-state index in [1.807, 2.05) is 19.9 Å². The average Bonchev–Trinajstić information content (AvgIpc) is 1.86. The van der Waals surface area contributed by atoms with Gasteiger partial charge in [0.2, 0.25) is 0 Å². The van der Waals surface area contributed by atoms with E-state index in [4.69, 9.17) is 5.73 Å². The molecule has 0 radical (unpaired) electrons. The van der Waals surface area contributed by atoms with Crippen LogP contribution in [0.5, 0.6) is 0 Å². The number of rotatable bonds is 3. The highest BCUT2D eigenvalue weighted by molar-refractivity contribution is 5.55. The summed E-state index contributed by atoms with van der Waals surface area (Å²) in [4.78, 5) is 4.03. The standard InChI is InChI=1S/C8H14N2/c1-4-10-8(6-9)5-7(2)3/h4-5H,2,6,9H2,1,3H3/b8-5-,10-4?. The molecule has 2 heteroatoms. The fraction of sp³-hybridized carbons (Fsp3) is 0.375. The molecule has 0 fully saturated rings. The quantitative estimate of drug-likeness (QED) is 0.465. The Morgan fingerprint density at radius 3 is 2.60 bits per heavy atom. The molecular formula is C8H14N2. The maximum atomic E-state index is 5.38. The van der Waals surface area contributed by atoms with E-state index in [0.29, 0.717) is 6.54 Å². The Kier molecular flexibility index (Phi) is 4.50. The van der Waals surface area contributed by atoms with Crippen LogP contribution in [-0.2, 0) is 0 Å². The Morgan fingerprint density at radius 1 is 1.70 bits per heavy atom. The molecule has 0 saturated heterocycles. The van der Waals surface area contributed by atoms with Crippen LogP contribution in [0.1, 0.15) is 13.8 Å². The smallest absolute Gasteiger partial charge is 0.0537 e. The van der Waals surface area contributed by atoms with E-state index in [1.165, 1.54) is 0 Å². The third-order valence-electron chi connectivity index (χ3n) is 0.917. The maximum absolute atomic E-state index is 5.38. The zero-order chi connectivity index (χ0) is 7.98. The fourth-order valence-electron chi connectivity index (χ4n) is 0.599. The van der Waals surface area contributed by atoms with Crippen LogP contribution in [0.3, 0.4) is 0 Å². The van der Waals surface area contributed by atoms with E-state index < -0.39 is 0 Å². The Hall–Kier alpha value is -0.890. The Balaban J connectivity index is 4.18. The lowest BCUT2D eigenvalue weighted by atomic mass is 10.3. The first-order valence-corrected chi connectivity index (χ1v) is 3.25. The molecule has 0 aliphatic rings. The van der Waals surface area contributed by atoms with Crippen molar-refractivity contribution in [2.45, 2.75) is 13.8 Å². The van der Waals surface area contributed by atoms with Gasteiger partial charge < -0.3 is 5.73 Å². The van der Waals surface area contributed by atoms with E-state index >= 15 is 0 Å². The van der Waals surface area contributed by atoms with Crippen LogP contribution < -0.4 is 5.73 Å². The summed E-state index contributed by atoms with van der Waals surface area (Å²) in [5, 5.41) is 0. The monoisotopic (exact) mass is 138 g/mol. The first-order valence-electron chi connectivity index (χ1n) is 3.25. The van der Waals surface area contributed by atoms with Crippen LogP contribution in [-0.4, -0.2) is 12.8 Å². The van der Waals surface area contributed by atoms with E-state index in [-0.39, 0.29) is 0 Å². The van der Waals surface area contributed by atoms with Gasteiger partial charge >= 0.3 is 0 Å². The molecule has 0 aliphatic heterocycles. The number of hydrogen-bond acceptors (Lipinski definition) is 2. The summed E-state index contributed by atoms with van der Waals surface area (Å²) in [6.07, 6.45) is 3.60. The molecule has 0 unspecified atom stereocenters. The van der Waals surface area contributed by atoms with Gasteiger partial charge in [0.15, 0.2) is 0 Å². The molecule has 0 aliphatic carbocycles. The lowest BCUT2D eigenvalue weighted by Gasteiger charge is -1.94. The highest BCUT2D eigenvalue weighted by Crippen LogP contribution is 1.98. The predicted octanol–water partition coefficient (Wildman–Crippen LogP) is 1.50. The molecule has 0 atom stereocenters. The highest BCUT2D eigenvalue weighted by atomic mass is 14.8. The number of nitrogens with zero attached hydrogens (tertiary/aromatic N) is 1. The molecule has 0 aromatic rings. The summed E-state index contributed by atoms with van der Waals surface area (Å²) in [5.41, 5.74) is 7.23. The maximum Gasteiger partial charge on any atom is 0.0537 e. The van der Waals surface area contributed by atoms with Gasteiger partial charge in [-0.25, -0.2) is 0 Å². The van der Waals surface area contributed by atoms with Gasteiger partial charge in [0, 0.05) is 12.8 Å². The summed E-state index contributed by atoms with van der Waals surface area (Å²) in [6, 6.07) is 0. The Bertz CT molecular complexity index is 166. The van der Waals surface area contributed by atoms with Crippen molar-refractivity contribution >= 4 is 6.21 Å². The van der Waals surface area contributed by atoms with Crippen molar-refractivity contribution < 1.29 is 0 Å². The fourth-order valence-corrected chi connectivity index (χ4v) is 0.599. The molecule has 0 aromatic heterocycles. The van der Waals surface area contributed by atoms with Crippen LogP contribution in [0.25, 0.3) is 0 Å². The largest absolute Gasteiger partial charge is 0.325 e. The van der Waals surface area contributed by atoms with Gasteiger partial charge in [-0.3, -0.25) is 4.99 Å². The van der Waals surface area contributed by atoms with Gasteiger partial charge in [-0.2, -0.15) is 0 Å². The lowest BCUT2D eigenvalue weighted by Crippen LogP contribution is -2.01. The van der Waals surface area contributed by atoms with Crippen molar-refractivity contribution in [1.29, 1.82) is 0 Å². The summed E-state index contributed by atoms with van der Waals surface area (Å²) in [7, 11) is 0. The van der Waals surface area contributed by atoms with Crippen LogP contribution >= 0.6 is 0 Å². The molecule has 0 amide bonds. The summed E-state index contributed by atoms with van der Waals surface area (Å²) in [6.45, 7) is 7.97. The molecule has 2 nitrogen and oxygen atoms in total. The van der Waals surface area contributed by atoms with E-state index in [9.17, 15) is 0 Å². The topological polar surface area (TPSA) is 38.4 Å². The van der Waals surface area contributed by atoms with Gasteiger partial charge in [0.05, 0.1) is 5.70 Å². The zero-order valence-corrected chi connectivity index (χ0v) is 6.59. The van der Waals surface area contributed by atoms with Crippen LogP contribution in [0.4, 0.5) is 0 Å². The number of aliphatic imine (C=N–C) groups is 1. The van der Waals surface area contributed by atoms with Crippen LogP contribution in [0.2, 0.25) is 0 Å². The summed E-state index contributed by atoms with van der Waals surface area (Å²) in [5.74, 6) is 0. The van der Waals surface area contributed by atoms with Crippen molar-refractivity contribution in [2.75, 3.05) is 6.54 Å². The minimum Gasteiger partial charge on any atom is -0.325 e. The van der Waals surface area contributed by atoms with Gasteiger partial charge in [0.25, 0.3) is 0 Å². The molecule has 0 bridgehead atoms. The third-order valence-corrected chi connectivity index (χ3v) is 0.917. The molecule has 0 rings (SSSR count). The van der Waals surface area contributed by atoms with Crippen LogP contribution in [0, 0.1) is 0 Å². The molecule has 0 heterocycles. The highest BCUT2D eigenvalue weighted by Gasteiger charge is 1.86. The number of nitrogens with two attached hydrogens (primary N) is 1. The molecule has 10 heavy (non-hydrogen) atoms. The summed E-state index contributed by atoms with van der Waals surface area (Å²) < 4.78 is 0. The second-order valence-electron chi connectivity index (χ2n) is 2.07. The van der Waals surface area contributed by atoms with Crippen molar-refractivity contribution in [3.63, 3.8) is 0 Å². The lowest BCUT2D eigenvalue weighted by molar-refractivity contribution is 1.10. The van der Waals surface area contributed by atoms with Gasteiger partial charge in [0.1, 0.15) is 0 Å². The molecule has 2 N–H and O–H groups in total. The predicted molar refractivity (Wildman–Crippen MR) is 46.1 cm³/mol. The second kappa shape index (κ2) is 4.94. The van der Waals surface area contributed by atoms with E-state index in [0.717, 1.165) is 11.3 Å². The first-order chi connectivity index (χ1) is 4.70. The molecule has 0 spiro atoms. The first kappa shape index (κ1) is 9.11. The Morgan fingerprint density at radius 2 is 2.30 bits per heavy atom. The van der Waals surface area contributed by atoms with Crippen molar-refractivity contribution in [2.24, 2.45) is 10.7 Å². The van der Waals surface area contributed by atoms with Gasteiger partial charge in [-0.05, 0) is 19.9 Å². The summed E-state index contributed by atoms with van der Waals surface area (Å²) >= 11 is 0. The average molecular weight is 138 g/mol. The van der Waals surface area contributed by atoms with E-state index in [2.05, 4.69) is 11.6 Å². The minimum absolute atomic E-state index is 0.469. The normalized spacial score (nSPS) is 12.5. The molecule has 0 aromatic carbocycles. The van der Waals surface area contributed by atoms with Gasteiger partial charge in [-0.15, -0.1) is 0 Å². The van der Waals surface area contributed by atoms with Gasteiger partial charge in [-0.1, -0.05) is 12.2 Å². The molecule has 0 saturated carbocycles. The molecular weight excluding hydrogens is 124 g/mol. The van der Waals surface area contributed by atoms with Crippen molar-refractivity contribution in [3.8, 4) is 0 Å². The molecule has 56 valence electrons. The zero-order valence-electron chi connectivity index (χ0n) is 6.59. The minimum atomic E-state index is 0.469. The number of hydrogen-bond donors (Lipinski definition) is 1. The van der Waals surface area contributed by atoms with Crippen LogP contribution in [0.15, 0.2) is 28.9 Å². The third kappa shape index (κ3) is 4.04.